The average Bonchev–Trinajstić information content (AvgIpc) is 3.05. The highest BCUT2D eigenvalue weighted by atomic mass is 16.3. The molecule has 5 aromatic rings. The first kappa shape index (κ1) is 14.3. The van der Waals surface area contributed by atoms with Crippen LogP contribution in [0.2, 0.25) is 0 Å². The van der Waals surface area contributed by atoms with Crippen molar-refractivity contribution in [2.75, 3.05) is 0 Å². The third-order valence-electron chi connectivity index (χ3n) is 4.92. The van der Waals surface area contributed by atoms with Crippen LogP contribution in [-0.4, -0.2) is 0 Å². The maximum atomic E-state index is 6.05. The lowest BCUT2D eigenvalue weighted by Gasteiger charge is -2.10. The van der Waals surface area contributed by atoms with Crippen molar-refractivity contribution < 1.29 is 4.42 Å². The topological polar surface area (TPSA) is 39.2 Å². The minimum atomic E-state index is 0.545. The number of para-hydroxylation sites is 1. The molecule has 0 aliphatic carbocycles. The van der Waals surface area contributed by atoms with Crippen LogP contribution >= 0.6 is 0 Å². The van der Waals surface area contributed by atoms with Gasteiger partial charge in [-0.2, -0.15) is 0 Å². The normalized spacial score (nSPS) is 11.6. The molecule has 2 heteroatoms. The lowest BCUT2D eigenvalue weighted by Crippen LogP contribution is -1.97. The van der Waals surface area contributed by atoms with Gasteiger partial charge >= 0.3 is 0 Å². The third-order valence-corrected chi connectivity index (χ3v) is 4.92. The fourth-order valence-corrected chi connectivity index (χ4v) is 3.68. The van der Waals surface area contributed by atoms with E-state index in [0.717, 1.165) is 27.5 Å². The van der Waals surface area contributed by atoms with Crippen LogP contribution in [0.15, 0.2) is 83.3 Å². The number of hydrogen-bond acceptors (Lipinski definition) is 2. The van der Waals surface area contributed by atoms with Crippen molar-refractivity contribution in [2.24, 2.45) is 5.73 Å². The molecule has 120 valence electrons. The second kappa shape index (κ2) is 5.47. The average molecular weight is 323 g/mol. The van der Waals surface area contributed by atoms with Crippen LogP contribution in [-0.2, 0) is 6.54 Å². The fourth-order valence-electron chi connectivity index (χ4n) is 3.68. The lowest BCUT2D eigenvalue weighted by molar-refractivity contribution is 0.669. The molecule has 5 rings (SSSR count). The lowest BCUT2D eigenvalue weighted by atomic mass is 9.94. The third kappa shape index (κ3) is 2.15. The van der Waals surface area contributed by atoms with Crippen molar-refractivity contribution in [1.82, 2.24) is 0 Å². The van der Waals surface area contributed by atoms with Crippen LogP contribution in [0.25, 0.3) is 43.8 Å². The maximum absolute atomic E-state index is 6.05. The van der Waals surface area contributed by atoms with E-state index in [0.29, 0.717) is 6.54 Å². The Hall–Kier alpha value is -3.10. The minimum Gasteiger partial charge on any atom is -0.456 e. The van der Waals surface area contributed by atoms with Crippen LogP contribution < -0.4 is 5.73 Å². The van der Waals surface area contributed by atoms with Crippen LogP contribution in [0.3, 0.4) is 0 Å². The van der Waals surface area contributed by atoms with Gasteiger partial charge in [0.1, 0.15) is 11.2 Å². The van der Waals surface area contributed by atoms with E-state index in [2.05, 4.69) is 60.7 Å². The molecule has 0 bridgehead atoms. The quantitative estimate of drug-likeness (QED) is 0.441. The van der Waals surface area contributed by atoms with Gasteiger partial charge in [-0.1, -0.05) is 60.7 Å². The fraction of sp³-hybridized carbons (Fsp3) is 0.0435. The summed E-state index contributed by atoms with van der Waals surface area (Å²) >= 11 is 0. The van der Waals surface area contributed by atoms with Crippen molar-refractivity contribution in [3.63, 3.8) is 0 Å². The number of nitrogens with two attached hydrogens (primary N) is 1. The molecule has 25 heavy (non-hydrogen) atoms. The highest BCUT2D eigenvalue weighted by Crippen LogP contribution is 2.35. The van der Waals surface area contributed by atoms with Crippen LogP contribution in [0.4, 0.5) is 0 Å². The summed E-state index contributed by atoms with van der Waals surface area (Å²) in [6.07, 6.45) is 0. The van der Waals surface area contributed by atoms with Crippen LogP contribution in [0, 0.1) is 0 Å². The standard InChI is InChI=1S/C23H17NO/c24-14-16-10-11-18(19-6-2-1-5-17(16)19)15-9-12-21-20-7-3-4-8-22(20)25-23(21)13-15/h1-13H,14,24H2. The second-order valence-electron chi connectivity index (χ2n) is 6.33. The van der Waals surface area contributed by atoms with Gasteiger partial charge < -0.3 is 10.2 Å². The number of fused-ring (bicyclic) bond motifs is 4. The van der Waals surface area contributed by atoms with Crippen LogP contribution in [0.5, 0.6) is 0 Å². The molecule has 0 amide bonds. The molecule has 2 N–H and O–H groups in total. The summed E-state index contributed by atoms with van der Waals surface area (Å²) < 4.78 is 6.05. The van der Waals surface area contributed by atoms with Gasteiger partial charge in [0.2, 0.25) is 0 Å². The van der Waals surface area contributed by atoms with E-state index in [9.17, 15) is 0 Å². The van der Waals surface area contributed by atoms with Gasteiger partial charge in [-0.15, -0.1) is 0 Å². The van der Waals surface area contributed by atoms with Crippen molar-refractivity contribution >= 4 is 32.7 Å². The number of benzene rings is 4. The van der Waals surface area contributed by atoms with Gasteiger partial charge in [-0.05, 0) is 45.7 Å². The molecule has 0 aliphatic rings. The van der Waals surface area contributed by atoms with E-state index in [1.54, 1.807) is 0 Å². The van der Waals surface area contributed by atoms with Gasteiger partial charge in [-0.25, -0.2) is 0 Å². The monoisotopic (exact) mass is 323 g/mol. The minimum absolute atomic E-state index is 0.545. The number of rotatable bonds is 2. The molecule has 0 unspecified atom stereocenters. The van der Waals surface area contributed by atoms with Gasteiger partial charge in [0, 0.05) is 17.3 Å². The molecule has 0 fully saturated rings. The maximum Gasteiger partial charge on any atom is 0.136 e. The number of furan rings is 1. The molecule has 0 saturated carbocycles. The van der Waals surface area contributed by atoms with E-state index in [4.69, 9.17) is 10.2 Å². The summed E-state index contributed by atoms with van der Waals surface area (Å²) in [6.45, 7) is 0.545. The first-order chi connectivity index (χ1) is 12.3. The Bertz CT molecular complexity index is 1230. The van der Waals surface area contributed by atoms with Gasteiger partial charge in [0.05, 0.1) is 0 Å². The summed E-state index contributed by atoms with van der Waals surface area (Å²) in [6, 6.07) is 27.4. The summed E-state index contributed by atoms with van der Waals surface area (Å²) in [5.41, 5.74) is 11.3. The Morgan fingerprint density at radius 3 is 2.20 bits per heavy atom. The SMILES string of the molecule is NCc1ccc(-c2ccc3c(c2)oc2ccccc23)c2ccccc12. The van der Waals surface area contributed by atoms with Crippen molar-refractivity contribution in [3.05, 3.63) is 84.4 Å². The van der Waals surface area contributed by atoms with E-state index in [-0.39, 0.29) is 0 Å². The predicted molar refractivity (Wildman–Crippen MR) is 105 cm³/mol. The molecule has 0 saturated heterocycles. The largest absolute Gasteiger partial charge is 0.456 e. The van der Waals surface area contributed by atoms with E-state index in [1.165, 1.54) is 21.9 Å². The van der Waals surface area contributed by atoms with Gasteiger partial charge in [0.15, 0.2) is 0 Å². The molecular weight excluding hydrogens is 306 g/mol. The molecule has 1 aromatic heterocycles. The van der Waals surface area contributed by atoms with E-state index >= 15 is 0 Å². The van der Waals surface area contributed by atoms with Gasteiger partial charge in [0.25, 0.3) is 0 Å². The number of hydrogen-bond donors (Lipinski definition) is 1. The highest BCUT2D eigenvalue weighted by Gasteiger charge is 2.10. The van der Waals surface area contributed by atoms with Gasteiger partial charge in [-0.3, -0.25) is 0 Å². The molecule has 4 aromatic carbocycles. The van der Waals surface area contributed by atoms with Crippen LogP contribution in [0.1, 0.15) is 5.56 Å². The molecule has 0 aliphatic heterocycles. The van der Waals surface area contributed by atoms with Crippen molar-refractivity contribution in [1.29, 1.82) is 0 Å². The Labute approximate surface area is 145 Å². The summed E-state index contributed by atoms with van der Waals surface area (Å²) in [7, 11) is 0. The molecular formula is C23H17NO. The molecule has 2 nitrogen and oxygen atoms in total. The van der Waals surface area contributed by atoms with E-state index < -0.39 is 0 Å². The molecule has 0 radical (unpaired) electrons. The summed E-state index contributed by atoms with van der Waals surface area (Å²) in [4.78, 5) is 0. The van der Waals surface area contributed by atoms with Crippen molar-refractivity contribution in [3.8, 4) is 11.1 Å². The first-order valence-corrected chi connectivity index (χ1v) is 8.47. The Morgan fingerprint density at radius 2 is 1.36 bits per heavy atom. The Morgan fingerprint density at radius 1 is 0.640 bits per heavy atom. The zero-order valence-electron chi connectivity index (χ0n) is 13.7. The first-order valence-electron chi connectivity index (χ1n) is 8.47. The molecule has 1 heterocycles. The zero-order chi connectivity index (χ0) is 16.8. The molecule has 0 atom stereocenters. The predicted octanol–water partition coefficient (Wildman–Crippen LogP) is 5.86. The Kier molecular flexibility index (Phi) is 3.12. The van der Waals surface area contributed by atoms with E-state index in [1.807, 2.05) is 18.2 Å². The molecule has 0 spiro atoms. The zero-order valence-corrected chi connectivity index (χ0v) is 13.7. The van der Waals surface area contributed by atoms with Crippen molar-refractivity contribution in [2.45, 2.75) is 6.54 Å². The highest BCUT2D eigenvalue weighted by molar-refractivity contribution is 6.07. The summed E-state index contributed by atoms with van der Waals surface area (Å²) in [5.74, 6) is 0. The smallest absolute Gasteiger partial charge is 0.136 e. The second-order valence-corrected chi connectivity index (χ2v) is 6.33. The Balaban J connectivity index is 1.78. The summed E-state index contributed by atoms with van der Waals surface area (Å²) in [5, 5.41) is 4.75.